The van der Waals surface area contributed by atoms with Crippen molar-refractivity contribution in [3.8, 4) is 0 Å². The molecule has 7 nitrogen and oxygen atoms in total. The molecule has 0 aliphatic carbocycles. The summed E-state index contributed by atoms with van der Waals surface area (Å²) in [5.41, 5.74) is 3.19. The normalized spacial score (nSPS) is 14.7. The SMILES string of the molecule is CCN(CCCNC(=O)CC[C@@H]1Nc2c3ccccc3nc(=S)n2C1=O)c1cccc(C)c1. The minimum Gasteiger partial charge on any atom is -0.372 e. The molecule has 4 rings (SSSR count). The molecule has 1 amide bonds. The van der Waals surface area contributed by atoms with E-state index in [9.17, 15) is 9.59 Å². The van der Waals surface area contributed by atoms with Gasteiger partial charge >= 0.3 is 0 Å². The topological polar surface area (TPSA) is 79.3 Å². The minimum absolute atomic E-state index is 0.0502. The molecule has 1 aliphatic heterocycles. The first-order valence-electron chi connectivity index (χ1n) is 11.4. The van der Waals surface area contributed by atoms with E-state index in [1.807, 2.05) is 24.3 Å². The number of benzene rings is 2. The predicted molar refractivity (Wildman–Crippen MR) is 135 cm³/mol. The molecule has 2 N–H and O–H groups in total. The number of nitrogens with zero attached hydrogens (tertiary/aromatic N) is 3. The lowest BCUT2D eigenvalue weighted by Crippen LogP contribution is -2.31. The number of aromatic nitrogens is 2. The quantitative estimate of drug-likeness (QED) is 0.363. The molecular weight excluding hydrogens is 434 g/mol. The zero-order valence-corrected chi connectivity index (χ0v) is 19.8. The van der Waals surface area contributed by atoms with Crippen molar-refractivity contribution in [2.24, 2.45) is 0 Å². The highest BCUT2D eigenvalue weighted by molar-refractivity contribution is 7.71. The Morgan fingerprint density at radius 1 is 1.24 bits per heavy atom. The van der Waals surface area contributed by atoms with E-state index < -0.39 is 6.04 Å². The van der Waals surface area contributed by atoms with E-state index in [1.165, 1.54) is 15.8 Å². The fourth-order valence-electron chi connectivity index (χ4n) is 4.22. The van der Waals surface area contributed by atoms with Crippen molar-refractivity contribution in [2.45, 2.75) is 39.2 Å². The fraction of sp³-hybridized carbons (Fsp3) is 0.360. The van der Waals surface area contributed by atoms with Crippen LogP contribution in [0.25, 0.3) is 10.9 Å². The van der Waals surface area contributed by atoms with Gasteiger partial charge in [-0.05, 0) is 68.7 Å². The molecule has 33 heavy (non-hydrogen) atoms. The number of aryl methyl sites for hydroxylation is 1. The summed E-state index contributed by atoms with van der Waals surface area (Å²) in [6.45, 7) is 6.62. The third-order valence-corrected chi connectivity index (χ3v) is 6.23. The minimum atomic E-state index is -0.484. The van der Waals surface area contributed by atoms with E-state index in [2.05, 4.69) is 58.6 Å². The van der Waals surface area contributed by atoms with Crippen LogP contribution >= 0.6 is 12.2 Å². The number of para-hydroxylation sites is 1. The zero-order valence-electron chi connectivity index (χ0n) is 19.0. The van der Waals surface area contributed by atoms with E-state index in [0.717, 1.165) is 30.4 Å². The highest BCUT2D eigenvalue weighted by Gasteiger charge is 2.31. The monoisotopic (exact) mass is 463 g/mol. The Bertz CT molecular complexity index is 1240. The maximum absolute atomic E-state index is 12.9. The first-order valence-corrected chi connectivity index (χ1v) is 11.8. The molecule has 1 aliphatic rings. The Morgan fingerprint density at radius 3 is 2.85 bits per heavy atom. The summed E-state index contributed by atoms with van der Waals surface area (Å²) in [6.07, 6.45) is 1.53. The van der Waals surface area contributed by atoms with E-state index in [-0.39, 0.29) is 23.0 Å². The van der Waals surface area contributed by atoms with Crippen LogP contribution in [-0.4, -0.2) is 47.0 Å². The van der Waals surface area contributed by atoms with Crippen LogP contribution in [0, 0.1) is 11.7 Å². The van der Waals surface area contributed by atoms with E-state index in [0.29, 0.717) is 18.8 Å². The number of anilines is 2. The van der Waals surface area contributed by atoms with Crippen molar-refractivity contribution in [3.05, 3.63) is 58.9 Å². The molecule has 0 spiro atoms. The number of rotatable bonds is 9. The third kappa shape index (κ3) is 5.06. The summed E-state index contributed by atoms with van der Waals surface area (Å²) < 4.78 is 1.69. The highest BCUT2D eigenvalue weighted by Crippen LogP contribution is 2.29. The maximum atomic E-state index is 12.9. The number of amides is 1. The Kier molecular flexibility index (Phi) is 7.03. The molecule has 1 aromatic heterocycles. The molecule has 0 unspecified atom stereocenters. The Labute approximate surface area is 198 Å². The first-order chi connectivity index (χ1) is 16.0. The van der Waals surface area contributed by atoms with Gasteiger partial charge in [0.15, 0.2) is 0 Å². The molecule has 3 aromatic rings. The van der Waals surface area contributed by atoms with Crippen LogP contribution in [0.5, 0.6) is 0 Å². The number of hydrogen-bond donors (Lipinski definition) is 2. The lowest BCUT2D eigenvalue weighted by molar-refractivity contribution is -0.121. The number of nitrogens with one attached hydrogen (secondary N) is 2. The molecule has 2 heterocycles. The summed E-state index contributed by atoms with van der Waals surface area (Å²) in [5, 5.41) is 7.09. The van der Waals surface area contributed by atoms with Crippen LogP contribution in [0.1, 0.15) is 36.5 Å². The molecule has 2 aromatic carbocycles. The van der Waals surface area contributed by atoms with Gasteiger partial charge in [-0.15, -0.1) is 0 Å². The summed E-state index contributed by atoms with van der Waals surface area (Å²) >= 11 is 5.32. The molecule has 0 saturated carbocycles. The van der Waals surface area contributed by atoms with Gasteiger partial charge in [0, 0.05) is 37.1 Å². The smallest absolute Gasteiger partial charge is 0.257 e. The third-order valence-electron chi connectivity index (χ3n) is 5.96. The van der Waals surface area contributed by atoms with Crippen molar-refractivity contribution in [2.75, 3.05) is 29.9 Å². The molecule has 0 fully saturated rings. The van der Waals surface area contributed by atoms with Crippen LogP contribution in [0.3, 0.4) is 0 Å². The van der Waals surface area contributed by atoms with Gasteiger partial charge < -0.3 is 15.5 Å². The number of carbonyl (C=O) groups excluding carboxylic acids is 2. The van der Waals surface area contributed by atoms with Crippen molar-refractivity contribution in [1.29, 1.82) is 0 Å². The Hall–Kier alpha value is -3.26. The van der Waals surface area contributed by atoms with Crippen molar-refractivity contribution >= 4 is 46.4 Å². The Morgan fingerprint density at radius 2 is 2.06 bits per heavy atom. The van der Waals surface area contributed by atoms with Crippen LogP contribution in [0.2, 0.25) is 0 Å². The largest absolute Gasteiger partial charge is 0.372 e. The molecule has 0 radical (unpaired) electrons. The average Bonchev–Trinajstić information content (AvgIpc) is 3.15. The van der Waals surface area contributed by atoms with Crippen LogP contribution in [0.4, 0.5) is 11.5 Å². The van der Waals surface area contributed by atoms with Gasteiger partial charge in [-0.2, -0.15) is 0 Å². The molecule has 1 atom stereocenters. The standard InChI is InChI=1S/C25H29N5O2S/c1-3-29(18-9-6-8-17(2)16-18)15-7-14-26-22(31)13-12-21-24(32)30-23(27-21)19-10-4-5-11-20(19)28-25(30)33/h4-6,8-11,16,21,27H,3,7,12-15H2,1-2H3,(H,26,31)/t21-/m0/s1. The second-order valence-electron chi connectivity index (χ2n) is 8.29. The number of hydrogen-bond acceptors (Lipinski definition) is 6. The molecule has 172 valence electrons. The van der Waals surface area contributed by atoms with E-state index in [4.69, 9.17) is 12.2 Å². The summed E-state index contributed by atoms with van der Waals surface area (Å²) in [7, 11) is 0. The zero-order chi connectivity index (χ0) is 23.4. The number of carbonyl (C=O) groups is 2. The lowest BCUT2D eigenvalue weighted by atomic mass is 10.1. The van der Waals surface area contributed by atoms with Gasteiger partial charge in [-0.3, -0.25) is 9.59 Å². The van der Waals surface area contributed by atoms with Gasteiger partial charge in [-0.25, -0.2) is 9.55 Å². The van der Waals surface area contributed by atoms with Gasteiger partial charge in [0.2, 0.25) is 10.7 Å². The van der Waals surface area contributed by atoms with Crippen LogP contribution in [-0.2, 0) is 4.79 Å². The van der Waals surface area contributed by atoms with Gasteiger partial charge in [0.1, 0.15) is 11.9 Å². The maximum Gasteiger partial charge on any atom is 0.257 e. The summed E-state index contributed by atoms with van der Waals surface area (Å²) in [5.74, 6) is 0.459. The Balaban J connectivity index is 1.26. The van der Waals surface area contributed by atoms with Crippen molar-refractivity contribution in [1.82, 2.24) is 14.9 Å². The summed E-state index contributed by atoms with van der Waals surface area (Å²) in [4.78, 5) is 31.9. The van der Waals surface area contributed by atoms with Gasteiger partial charge in [-0.1, -0.05) is 24.3 Å². The second kappa shape index (κ2) is 10.1. The van der Waals surface area contributed by atoms with Crippen LogP contribution in [0.15, 0.2) is 48.5 Å². The molecular formula is C25H29N5O2S. The van der Waals surface area contributed by atoms with E-state index >= 15 is 0 Å². The predicted octanol–water partition coefficient (Wildman–Crippen LogP) is 4.32. The average molecular weight is 464 g/mol. The number of fused-ring (bicyclic) bond motifs is 3. The van der Waals surface area contributed by atoms with Crippen molar-refractivity contribution in [3.63, 3.8) is 0 Å². The van der Waals surface area contributed by atoms with E-state index in [1.54, 1.807) is 0 Å². The lowest BCUT2D eigenvalue weighted by Gasteiger charge is -2.23. The first kappa shape index (κ1) is 22.9. The van der Waals surface area contributed by atoms with Crippen LogP contribution < -0.4 is 15.5 Å². The molecule has 0 saturated heterocycles. The summed E-state index contributed by atoms with van der Waals surface area (Å²) in [6, 6.07) is 15.5. The fourth-order valence-corrected chi connectivity index (χ4v) is 4.50. The van der Waals surface area contributed by atoms with Crippen molar-refractivity contribution < 1.29 is 9.59 Å². The van der Waals surface area contributed by atoms with Gasteiger partial charge in [0.05, 0.1) is 5.52 Å². The second-order valence-corrected chi connectivity index (χ2v) is 8.66. The van der Waals surface area contributed by atoms with Gasteiger partial charge in [0.25, 0.3) is 5.91 Å². The highest BCUT2D eigenvalue weighted by atomic mass is 32.1. The molecule has 0 bridgehead atoms. The molecule has 8 heteroatoms.